The number of likely N-dealkylation sites (tertiary alicyclic amines) is 3. The summed E-state index contributed by atoms with van der Waals surface area (Å²) in [5.41, 5.74) is 2.27. The largest absolute Gasteiger partial charge is 0.342 e. The van der Waals surface area contributed by atoms with Crippen LogP contribution in [0.25, 0.3) is 0 Å². The summed E-state index contributed by atoms with van der Waals surface area (Å²) in [6.07, 6.45) is 6.54. The first kappa shape index (κ1) is 31.8. The normalized spacial score (nSPS) is 20.5. The lowest BCUT2D eigenvalue weighted by Gasteiger charge is -2.41. The van der Waals surface area contributed by atoms with Crippen molar-refractivity contribution < 1.29 is 23.6 Å². The van der Waals surface area contributed by atoms with E-state index in [2.05, 4.69) is 20.9 Å². The molecule has 4 aliphatic rings. The average Bonchev–Trinajstić information content (AvgIpc) is 3.09. The molecule has 3 N–H and O–H groups in total. The Balaban J connectivity index is 1.06. The van der Waals surface area contributed by atoms with E-state index in [9.17, 15) is 23.6 Å². The van der Waals surface area contributed by atoms with Crippen molar-refractivity contribution in [2.24, 2.45) is 0 Å². The van der Waals surface area contributed by atoms with Crippen molar-refractivity contribution in [1.82, 2.24) is 24.9 Å². The molecule has 6 rings (SSSR count). The number of nitrogens with zero attached hydrogens (tertiary/aromatic N) is 4. The highest BCUT2D eigenvalue weighted by molar-refractivity contribution is 5.96. The summed E-state index contributed by atoms with van der Waals surface area (Å²) in [6.45, 7) is 4.81. The monoisotopic (exact) mass is 633 g/mol. The molecule has 0 saturated carbocycles. The zero-order chi connectivity index (χ0) is 32.0. The number of carbonyl (C=O) groups excluding carboxylic acids is 4. The van der Waals surface area contributed by atoms with Crippen LogP contribution in [0.5, 0.6) is 0 Å². The predicted molar refractivity (Wildman–Crippen MR) is 173 cm³/mol. The van der Waals surface area contributed by atoms with E-state index >= 15 is 0 Å². The molecule has 0 radical (unpaired) electrons. The number of halogens is 1. The molecule has 1 atom stereocenters. The van der Waals surface area contributed by atoms with Crippen molar-refractivity contribution in [2.75, 3.05) is 49.9 Å². The van der Waals surface area contributed by atoms with Crippen LogP contribution < -0.4 is 16.0 Å². The minimum Gasteiger partial charge on any atom is -0.342 e. The lowest BCUT2D eigenvalue weighted by atomic mass is 9.98. The van der Waals surface area contributed by atoms with Gasteiger partial charge in [-0.15, -0.1) is 0 Å². The van der Waals surface area contributed by atoms with E-state index in [4.69, 9.17) is 0 Å². The number of anilines is 2. The lowest BCUT2D eigenvalue weighted by Crippen LogP contribution is -2.56. The molecule has 0 bridgehead atoms. The first-order chi connectivity index (χ1) is 22.3. The van der Waals surface area contributed by atoms with Crippen LogP contribution in [0.3, 0.4) is 0 Å². The second-order valence-electron chi connectivity index (χ2n) is 12.8. The van der Waals surface area contributed by atoms with Crippen molar-refractivity contribution in [2.45, 2.75) is 76.0 Å². The van der Waals surface area contributed by atoms with Crippen molar-refractivity contribution in [1.29, 1.82) is 0 Å². The molecule has 246 valence electrons. The number of fused-ring (bicyclic) bond motifs is 1. The van der Waals surface area contributed by atoms with Gasteiger partial charge >= 0.3 is 12.1 Å². The Kier molecular flexibility index (Phi) is 10.0. The van der Waals surface area contributed by atoms with Gasteiger partial charge in [0.2, 0.25) is 11.8 Å². The van der Waals surface area contributed by atoms with Crippen LogP contribution in [0.1, 0.15) is 56.9 Å². The molecular weight excluding hydrogens is 589 g/mol. The minimum absolute atomic E-state index is 0.00403. The Morgan fingerprint density at radius 1 is 0.826 bits per heavy atom. The van der Waals surface area contributed by atoms with Crippen LogP contribution in [-0.4, -0.2) is 101 Å². The molecule has 3 fully saturated rings. The summed E-state index contributed by atoms with van der Waals surface area (Å²) >= 11 is 0. The number of nitrogens with one attached hydrogen (secondary N) is 3. The summed E-state index contributed by atoms with van der Waals surface area (Å²) in [5, 5.41) is 8.36. The number of benzene rings is 2. The smallest absolute Gasteiger partial charge is 0.322 e. The second kappa shape index (κ2) is 14.5. The fourth-order valence-electron chi connectivity index (χ4n) is 7.26. The summed E-state index contributed by atoms with van der Waals surface area (Å²) < 4.78 is 13.4. The van der Waals surface area contributed by atoms with Gasteiger partial charge in [0, 0.05) is 56.2 Å². The average molecular weight is 634 g/mol. The number of hydrogen-bond acceptors (Lipinski definition) is 5. The predicted octanol–water partition coefficient (Wildman–Crippen LogP) is 4.22. The molecule has 12 heteroatoms. The van der Waals surface area contributed by atoms with E-state index in [1.54, 1.807) is 9.80 Å². The topological polar surface area (TPSA) is 117 Å². The minimum atomic E-state index is -1.04. The van der Waals surface area contributed by atoms with E-state index in [0.29, 0.717) is 57.3 Å². The molecule has 46 heavy (non-hydrogen) atoms. The Labute approximate surface area is 269 Å². The van der Waals surface area contributed by atoms with Crippen LogP contribution in [0.2, 0.25) is 0 Å². The molecule has 2 aromatic carbocycles. The Morgan fingerprint density at radius 2 is 1.48 bits per heavy atom. The van der Waals surface area contributed by atoms with Crippen LogP contribution >= 0.6 is 0 Å². The maximum absolute atomic E-state index is 13.8. The molecular formula is C34H44FN7O4. The third-order valence-corrected chi connectivity index (χ3v) is 9.89. The summed E-state index contributed by atoms with van der Waals surface area (Å²) in [4.78, 5) is 61.1. The quantitative estimate of drug-likeness (QED) is 0.422. The molecule has 4 aliphatic heterocycles. The van der Waals surface area contributed by atoms with Gasteiger partial charge in [-0.05, 0) is 87.5 Å². The number of carbonyl (C=O) groups is 4. The summed E-state index contributed by atoms with van der Waals surface area (Å²) in [5.74, 6) is -0.902. The first-order valence-corrected chi connectivity index (χ1v) is 16.6. The van der Waals surface area contributed by atoms with Crippen LogP contribution in [0, 0.1) is 5.82 Å². The number of amides is 6. The molecule has 0 spiro atoms. The van der Waals surface area contributed by atoms with Crippen LogP contribution in [0.15, 0.2) is 48.5 Å². The van der Waals surface area contributed by atoms with Crippen molar-refractivity contribution >= 4 is 35.3 Å². The maximum Gasteiger partial charge on any atom is 0.322 e. The molecule has 11 nitrogen and oxygen atoms in total. The SMILES string of the molecule is O=C(Nc1ccc(F)cc1)N[C@@H](CC(=O)N1CCC(N2Cc3ccccc3NC2=O)CC1)C(=O)N1CCC(N2CCCCC2)CC1. The highest BCUT2D eigenvalue weighted by Gasteiger charge is 2.36. The zero-order valence-corrected chi connectivity index (χ0v) is 26.3. The van der Waals surface area contributed by atoms with Gasteiger partial charge in [-0.3, -0.25) is 9.59 Å². The standard InChI is InChI=1S/C34H44FN7O4/c35-25-8-10-26(11-9-25)36-33(45)37-30(32(44)41-20-12-27(13-21-41)39-16-4-1-5-17-39)22-31(43)40-18-14-28(15-19-40)42-23-24-6-2-3-7-29(24)38-34(42)46/h2-3,6-11,27-28,30H,1,4-5,12-23H2,(H,38,46)(H2,36,37,45)/t30-/m0/s1. The molecule has 2 aromatic rings. The molecule has 0 aliphatic carbocycles. The molecule has 3 saturated heterocycles. The van der Waals surface area contributed by atoms with E-state index < -0.39 is 17.9 Å². The number of para-hydroxylation sites is 1. The van der Waals surface area contributed by atoms with Gasteiger partial charge in [-0.25, -0.2) is 14.0 Å². The van der Waals surface area contributed by atoms with Gasteiger partial charge in [0.05, 0.1) is 6.42 Å². The Bertz CT molecular complexity index is 1400. The van der Waals surface area contributed by atoms with E-state index in [1.807, 2.05) is 29.2 Å². The summed E-state index contributed by atoms with van der Waals surface area (Å²) in [7, 11) is 0. The lowest BCUT2D eigenvalue weighted by molar-refractivity contribution is -0.140. The molecule has 0 aromatic heterocycles. The van der Waals surface area contributed by atoms with Gasteiger partial charge in [-0.2, -0.15) is 0 Å². The van der Waals surface area contributed by atoms with Gasteiger partial charge in [-0.1, -0.05) is 24.6 Å². The second-order valence-corrected chi connectivity index (χ2v) is 12.8. The third-order valence-electron chi connectivity index (χ3n) is 9.89. The van der Waals surface area contributed by atoms with Crippen LogP contribution in [-0.2, 0) is 16.1 Å². The number of rotatable bonds is 7. The summed E-state index contributed by atoms with van der Waals surface area (Å²) in [6, 6.07) is 11.8. The van der Waals surface area contributed by atoms with E-state index in [1.165, 1.54) is 43.5 Å². The van der Waals surface area contributed by atoms with E-state index in [0.717, 1.165) is 37.2 Å². The number of hydrogen-bond donors (Lipinski definition) is 3. The molecule has 6 amide bonds. The highest BCUT2D eigenvalue weighted by atomic mass is 19.1. The fraction of sp³-hybridized carbons (Fsp3) is 0.529. The third kappa shape index (κ3) is 7.60. The maximum atomic E-state index is 13.8. The van der Waals surface area contributed by atoms with Crippen molar-refractivity contribution in [3.8, 4) is 0 Å². The van der Waals surface area contributed by atoms with Gasteiger partial charge < -0.3 is 35.6 Å². The molecule has 4 heterocycles. The number of piperidine rings is 3. The van der Waals surface area contributed by atoms with Gasteiger partial charge in [0.15, 0.2) is 0 Å². The molecule has 0 unspecified atom stereocenters. The highest BCUT2D eigenvalue weighted by Crippen LogP contribution is 2.28. The van der Waals surface area contributed by atoms with Crippen LogP contribution in [0.4, 0.5) is 25.4 Å². The zero-order valence-electron chi connectivity index (χ0n) is 26.3. The van der Waals surface area contributed by atoms with Crippen molar-refractivity contribution in [3.05, 3.63) is 59.9 Å². The Hall–Kier alpha value is -4.19. The number of urea groups is 2. The first-order valence-electron chi connectivity index (χ1n) is 16.6. The Morgan fingerprint density at radius 3 is 2.20 bits per heavy atom. The van der Waals surface area contributed by atoms with Gasteiger partial charge in [0.25, 0.3) is 0 Å². The van der Waals surface area contributed by atoms with Crippen molar-refractivity contribution in [3.63, 3.8) is 0 Å². The van der Waals surface area contributed by atoms with Gasteiger partial charge in [0.1, 0.15) is 11.9 Å². The fourth-order valence-corrected chi connectivity index (χ4v) is 7.26. The van der Waals surface area contributed by atoms with E-state index in [-0.39, 0.29) is 30.3 Å².